The minimum absolute atomic E-state index is 0.00654. The highest BCUT2D eigenvalue weighted by atomic mass is 19.2. The molecule has 0 fully saturated rings. The van der Waals surface area contributed by atoms with Crippen molar-refractivity contribution in [1.82, 2.24) is 5.32 Å². The SMILES string of the molecule is CCC(C)NC(=O)CN1C(=O)COc2ccc(C(=O)COc3ccc(F)c(F)c3)cc21. The molecule has 0 radical (unpaired) electrons. The van der Waals surface area contributed by atoms with Gasteiger partial charge < -0.3 is 14.8 Å². The molecule has 1 atom stereocenters. The number of rotatable bonds is 8. The van der Waals surface area contributed by atoms with Crippen molar-refractivity contribution in [3.05, 3.63) is 53.6 Å². The number of carbonyl (C=O) groups excluding carboxylic acids is 3. The lowest BCUT2D eigenvalue weighted by atomic mass is 10.1. The second-order valence-corrected chi connectivity index (χ2v) is 7.12. The number of Topliss-reactive ketones (excluding diaryl/α,β-unsaturated/α-hetero) is 1. The molecule has 0 aliphatic carbocycles. The Balaban J connectivity index is 1.74. The van der Waals surface area contributed by atoms with E-state index in [0.717, 1.165) is 18.6 Å². The summed E-state index contributed by atoms with van der Waals surface area (Å²) in [5, 5.41) is 2.79. The van der Waals surface area contributed by atoms with Gasteiger partial charge in [0, 0.05) is 17.7 Å². The lowest BCUT2D eigenvalue weighted by Crippen LogP contribution is -2.46. The first kappa shape index (κ1) is 22.2. The fourth-order valence-corrected chi connectivity index (χ4v) is 2.91. The lowest BCUT2D eigenvalue weighted by Gasteiger charge is -2.29. The summed E-state index contributed by atoms with van der Waals surface area (Å²) in [5.74, 6) is -2.91. The molecule has 2 aromatic carbocycles. The largest absolute Gasteiger partial charge is 0.485 e. The Morgan fingerprint density at radius 1 is 1.19 bits per heavy atom. The monoisotopic (exact) mass is 432 g/mol. The number of ether oxygens (including phenoxy) is 2. The van der Waals surface area contributed by atoms with Crippen molar-refractivity contribution in [3.63, 3.8) is 0 Å². The molecule has 1 unspecified atom stereocenters. The van der Waals surface area contributed by atoms with Crippen molar-refractivity contribution in [2.75, 3.05) is 24.7 Å². The van der Waals surface area contributed by atoms with Crippen molar-refractivity contribution in [2.45, 2.75) is 26.3 Å². The molecule has 0 saturated heterocycles. The summed E-state index contributed by atoms with van der Waals surface area (Å²) >= 11 is 0. The summed E-state index contributed by atoms with van der Waals surface area (Å²) < 4.78 is 36.9. The van der Waals surface area contributed by atoms with Gasteiger partial charge >= 0.3 is 0 Å². The highest BCUT2D eigenvalue weighted by Gasteiger charge is 2.28. The molecule has 3 rings (SSSR count). The Morgan fingerprint density at radius 3 is 2.68 bits per heavy atom. The topological polar surface area (TPSA) is 84.9 Å². The second kappa shape index (κ2) is 9.55. The van der Waals surface area contributed by atoms with Crippen molar-refractivity contribution in [1.29, 1.82) is 0 Å². The van der Waals surface area contributed by atoms with Crippen LogP contribution in [0.4, 0.5) is 14.5 Å². The number of benzene rings is 2. The summed E-state index contributed by atoms with van der Waals surface area (Å²) in [6.45, 7) is 2.95. The maximum atomic E-state index is 13.3. The van der Waals surface area contributed by atoms with Crippen LogP contribution in [0.2, 0.25) is 0 Å². The van der Waals surface area contributed by atoms with Gasteiger partial charge in [-0.15, -0.1) is 0 Å². The molecule has 1 heterocycles. The standard InChI is InChI=1S/C22H22F2N2O5/c1-3-13(2)25-21(28)10-26-18-8-14(4-7-20(18)31-12-22(26)29)19(27)11-30-15-5-6-16(23)17(24)9-15/h4-9,13H,3,10-12H2,1-2H3,(H,25,28). The maximum absolute atomic E-state index is 13.3. The smallest absolute Gasteiger partial charge is 0.265 e. The van der Waals surface area contributed by atoms with Gasteiger partial charge in [0.05, 0.1) is 5.69 Å². The van der Waals surface area contributed by atoms with E-state index in [2.05, 4.69) is 5.32 Å². The molecule has 0 aromatic heterocycles. The van der Waals surface area contributed by atoms with Crippen LogP contribution in [-0.4, -0.2) is 43.4 Å². The number of nitrogens with one attached hydrogen (secondary N) is 1. The average Bonchev–Trinajstić information content (AvgIpc) is 2.75. The number of halogens is 2. The molecule has 0 spiro atoms. The highest BCUT2D eigenvalue weighted by molar-refractivity contribution is 6.04. The number of amides is 2. The minimum Gasteiger partial charge on any atom is -0.485 e. The first-order chi connectivity index (χ1) is 14.8. The zero-order chi connectivity index (χ0) is 22.5. The van der Waals surface area contributed by atoms with Crippen LogP contribution in [0.5, 0.6) is 11.5 Å². The van der Waals surface area contributed by atoms with Gasteiger partial charge in [-0.1, -0.05) is 6.92 Å². The van der Waals surface area contributed by atoms with Gasteiger partial charge in [0.2, 0.25) is 5.91 Å². The van der Waals surface area contributed by atoms with E-state index in [4.69, 9.17) is 9.47 Å². The van der Waals surface area contributed by atoms with E-state index in [0.29, 0.717) is 11.4 Å². The third kappa shape index (κ3) is 5.36. The number of ketones is 1. The number of fused-ring (bicyclic) bond motifs is 1. The lowest BCUT2D eigenvalue weighted by molar-refractivity contribution is -0.125. The van der Waals surface area contributed by atoms with E-state index in [1.165, 1.54) is 29.2 Å². The Hall–Kier alpha value is -3.49. The molecule has 2 amide bonds. The Labute approximate surface area is 177 Å². The molecule has 31 heavy (non-hydrogen) atoms. The van der Waals surface area contributed by atoms with Crippen LogP contribution in [0.1, 0.15) is 30.6 Å². The van der Waals surface area contributed by atoms with Gasteiger partial charge in [0.15, 0.2) is 30.6 Å². The summed E-state index contributed by atoms with van der Waals surface area (Å²) in [4.78, 5) is 38.4. The fourth-order valence-electron chi connectivity index (χ4n) is 2.91. The highest BCUT2D eigenvalue weighted by Crippen LogP contribution is 2.33. The minimum atomic E-state index is -1.08. The average molecular weight is 432 g/mol. The molecule has 9 heteroatoms. The summed E-state index contributed by atoms with van der Waals surface area (Å²) in [6.07, 6.45) is 0.746. The summed E-state index contributed by atoms with van der Waals surface area (Å²) in [7, 11) is 0. The molecule has 1 aliphatic rings. The van der Waals surface area contributed by atoms with Crippen LogP contribution in [0.25, 0.3) is 0 Å². The van der Waals surface area contributed by atoms with Crippen LogP contribution in [0.15, 0.2) is 36.4 Å². The van der Waals surface area contributed by atoms with Crippen LogP contribution in [-0.2, 0) is 9.59 Å². The van der Waals surface area contributed by atoms with Crippen molar-refractivity contribution in [2.24, 2.45) is 0 Å². The third-order valence-electron chi connectivity index (χ3n) is 4.81. The Morgan fingerprint density at radius 2 is 1.97 bits per heavy atom. The van der Waals surface area contributed by atoms with Crippen LogP contribution in [0.3, 0.4) is 0 Å². The third-order valence-corrected chi connectivity index (χ3v) is 4.81. The predicted molar refractivity (Wildman–Crippen MR) is 108 cm³/mol. The summed E-state index contributed by atoms with van der Waals surface area (Å²) in [6, 6.07) is 7.40. The second-order valence-electron chi connectivity index (χ2n) is 7.12. The number of hydrogen-bond donors (Lipinski definition) is 1. The Kier molecular flexibility index (Phi) is 6.84. The number of hydrogen-bond acceptors (Lipinski definition) is 5. The van der Waals surface area contributed by atoms with Crippen LogP contribution in [0, 0.1) is 11.6 Å². The molecular formula is C22H22F2N2O5. The van der Waals surface area contributed by atoms with Crippen LogP contribution < -0.4 is 19.7 Å². The van der Waals surface area contributed by atoms with Crippen LogP contribution >= 0.6 is 0 Å². The van der Waals surface area contributed by atoms with E-state index in [-0.39, 0.29) is 36.4 Å². The molecule has 0 bridgehead atoms. The van der Waals surface area contributed by atoms with E-state index >= 15 is 0 Å². The van der Waals surface area contributed by atoms with Gasteiger partial charge in [-0.05, 0) is 43.7 Å². The molecule has 164 valence electrons. The van der Waals surface area contributed by atoms with Crippen molar-refractivity contribution in [3.8, 4) is 11.5 Å². The van der Waals surface area contributed by atoms with E-state index in [1.807, 2.05) is 13.8 Å². The quantitative estimate of drug-likeness (QED) is 0.649. The predicted octanol–water partition coefficient (Wildman–Crippen LogP) is 2.87. The van der Waals surface area contributed by atoms with Gasteiger partial charge in [-0.25, -0.2) is 8.78 Å². The van der Waals surface area contributed by atoms with Gasteiger partial charge in [-0.3, -0.25) is 19.3 Å². The fraction of sp³-hybridized carbons (Fsp3) is 0.318. The van der Waals surface area contributed by atoms with Gasteiger partial charge in [0.25, 0.3) is 5.91 Å². The normalized spacial score (nSPS) is 13.8. The first-order valence-corrected chi connectivity index (χ1v) is 9.76. The Bertz CT molecular complexity index is 1010. The van der Waals surface area contributed by atoms with Gasteiger partial charge in [0.1, 0.15) is 18.0 Å². The molecular weight excluding hydrogens is 410 g/mol. The zero-order valence-electron chi connectivity index (χ0n) is 17.1. The van der Waals surface area contributed by atoms with E-state index in [1.54, 1.807) is 0 Å². The maximum Gasteiger partial charge on any atom is 0.265 e. The van der Waals surface area contributed by atoms with Crippen molar-refractivity contribution >= 4 is 23.3 Å². The molecule has 0 saturated carbocycles. The number of carbonyl (C=O) groups is 3. The van der Waals surface area contributed by atoms with Crippen molar-refractivity contribution < 1.29 is 32.6 Å². The van der Waals surface area contributed by atoms with E-state index < -0.39 is 29.9 Å². The van der Waals surface area contributed by atoms with Gasteiger partial charge in [-0.2, -0.15) is 0 Å². The van der Waals surface area contributed by atoms with E-state index in [9.17, 15) is 23.2 Å². The molecule has 2 aromatic rings. The summed E-state index contributed by atoms with van der Waals surface area (Å²) in [5.41, 5.74) is 0.515. The number of nitrogens with zero attached hydrogens (tertiary/aromatic N) is 1. The zero-order valence-corrected chi connectivity index (χ0v) is 17.1. The molecule has 1 N–H and O–H groups in total. The molecule has 7 nitrogen and oxygen atoms in total. The first-order valence-electron chi connectivity index (χ1n) is 9.76. The number of anilines is 1. The molecule has 1 aliphatic heterocycles.